The van der Waals surface area contributed by atoms with Crippen LogP contribution in [-0.2, 0) is 11.2 Å². The van der Waals surface area contributed by atoms with Gasteiger partial charge in [-0.25, -0.2) is 9.97 Å². The van der Waals surface area contributed by atoms with Crippen molar-refractivity contribution in [3.63, 3.8) is 0 Å². The van der Waals surface area contributed by atoms with Crippen molar-refractivity contribution < 1.29 is 14.3 Å². The van der Waals surface area contributed by atoms with E-state index < -0.39 is 0 Å². The molecule has 1 unspecified atom stereocenters. The van der Waals surface area contributed by atoms with Gasteiger partial charge in [0.05, 0.1) is 20.1 Å². The maximum atomic E-state index is 12.6. The topological polar surface area (TPSA) is 88.3 Å². The number of methoxy groups -OCH3 is 1. The molecule has 2 heterocycles. The Balaban J connectivity index is 1.62. The summed E-state index contributed by atoms with van der Waals surface area (Å²) in [4.78, 5) is 22.5. The van der Waals surface area contributed by atoms with Crippen molar-refractivity contribution in [2.24, 2.45) is 0 Å². The highest BCUT2D eigenvalue weighted by atomic mass is 16.5. The van der Waals surface area contributed by atoms with Crippen molar-refractivity contribution in [3.8, 4) is 17.7 Å². The summed E-state index contributed by atoms with van der Waals surface area (Å²) in [6.45, 7) is 1.18. The van der Waals surface area contributed by atoms with E-state index in [9.17, 15) is 4.79 Å². The van der Waals surface area contributed by atoms with E-state index in [0.29, 0.717) is 19.5 Å². The van der Waals surface area contributed by atoms with Crippen LogP contribution in [0.15, 0.2) is 36.7 Å². The Morgan fingerprint density at radius 2 is 2.23 bits per heavy atom. The van der Waals surface area contributed by atoms with Crippen LogP contribution in [0.4, 0.5) is 0 Å². The van der Waals surface area contributed by atoms with E-state index in [2.05, 4.69) is 9.97 Å². The minimum Gasteiger partial charge on any atom is -0.497 e. The second-order valence-electron chi connectivity index (χ2n) is 6.07. The van der Waals surface area contributed by atoms with Crippen molar-refractivity contribution >= 4 is 5.91 Å². The van der Waals surface area contributed by atoms with E-state index in [1.165, 1.54) is 12.4 Å². The minimum atomic E-state index is -0.193. The van der Waals surface area contributed by atoms with Gasteiger partial charge in [0, 0.05) is 18.9 Å². The van der Waals surface area contributed by atoms with Gasteiger partial charge in [0.1, 0.15) is 17.9 Å². The number of amides is 1. The lowest BCUT2D eigenvalue weighted by Crippen LogP contribution is -2.45. The molecule has 1 saturated heterocycles. The summed E-state index contributed by atoms with van der Waals surface area (Å²) in [5.41, 5.74) is 1.07. The Labute approximate surface area is 152 Å². The monoisotopic (exact) mass is 352 g/mol. The number of likely N-dealkylation sites (tertiary alicyclic amines) is 1. The van der Waals surface area contributed by atoms with Gasteiger partial charge < -0.3 is 14.4 Å². The summed E-state index contributed by atoms with van der Waals surface area (Å²) in [6, 6.07) is 9.48. The van der Waals surface area contributed by atoms with Crippen LogP contribution < -0.4 is 9.47 Å². The average Bonchev–Trinajstić information content (AvgIpc) is 2.69. The van der Waals surface area contributed by atoms with Gasteiger partial charge >= 0.3 is 0 Å². The summed E-state index contributed by atoms with van der Waals surface area (Å²) in [5.74, 6) is 1.01. The summed E-state index contributed by atoms with van der Waals surface area (Å²) in [5, 5.41) is 9.09. The number of carbonyl (C=O) groups is 1. The molecule has 0 bridgehead atoms. The maximum Gasteiger partial charge on any atom is 0.251 e. The number of hydrogen-bond acceptors (Lipinski definition) is 6. The molecular weight excluding hydrogens is 332 g/mol. The number of nitrogens with zero attached hydrogens (tertiary/aromatic N) is 4. The van der Waals surface area contributed by atoms with Gasteiger partial charge in [0.2, 0.25) is 11.6 Å². The molecule has 0 saturated carbocycles. The van der Waals surface area contributed by atoms with Gasteiger partial charge in [0.25, 0.3) is 5.88 Å². The smallest absolute Gasteiger partial charge is 0.251 e. The first-order valence-corrected chi connectivity index (χ1v) is 8.48. The van der Waals surface area contributed by atoms with Crippen molar-refractivity contribution in [1.82, 2.24) is 14.9 Å². The second kappa shape index (κ2) is 8.30. The third-order valence-corrected chi connectivity index (χ3v) is 4.27. The molecule has 0 radical (unpaired) electrons. The Bertz CT molecular complexity index is 818. The van der Waals surface area contributed by atoms with Crippen molar-refractivity contribution in [1.29, 1.82) is 5.26 Å². The Morgan fingerprint density at radius 3 is 3.04 bits per heavy atom. The Hall–Kier alpha value is -3.14. The normalized spacial score (nSPS) is 16.6. The van der Waals surface area contributed by atoms with Crippen LogP contribution in [0.1, 0.15) is 24.1 Å². The van der Waals surface area contributed by atoms with Crippen molar-refractivity contribution in [3.05, 3.63) is 47.9 Å². The molecule has 1 aromatic carbocycles. The SMILES string of the molecule is COc1cccc(CC(=O)N2CCCC(Oc3nccnc3C#N)C2)c1. The molecule has 0 spiro atoms. The Kier molecular flexibility index (Phi) is 5.64. The van der Waals surface area contributed by atoms with Gasteiger partial charge in [-0.3, -0.25) is 4.79 Å². The predicted octanol–water partition coefficient (Wildman–Crippen LogP) is 1.97. The molecule has 7 nitrogen and oxygen atoms in total. The molecule has 1 atom stereocenters. The quantitative estimate of drug-likeness (QED) is 0.817. The Morgan fingerprint density at radius 1 is 1.38 bits per heavy atom. The summed E-state index contributed by atoms with van der Waals surface area (Å²) < 4.78 is 11.0. The van der Waals surface area contributed by atoms with Gasteiger partial charge in [-0.2, -0.15) is 5.26 Å². The fourth-order valence-electron chi connectivity index (χ4n) is 2.98. The molecule has 0 aliphatic carbocycles. The predicted molar refractivity (Wildman–Crippen MR) is 93.7 cm³/mol. The lowest BCUT2D eigenvalue weighted by Gasteiger charge is -2.32. The molecule has 3 rings (SSSR count). The van der Waals surface area contributed by atoms with Crippen LogP contribution in [0.25, 0.3) is 0 Å². The number of piperidine rings is 1. The van der Waals surface area contributed by atoms with E-state index in [-0.39, 0.29) is 23.6 Å². The zero-order valence-corrected chi connectivity index (χ0v) is 14.6. The van der Waals surface area contributed by atoms with E-state index in [0.717, 1.165) is 24.2 Å². The maximum absolute atomic E-state index is 12.6. The lowest BCUT2D eigenvalue weighted by atomic mass is 10.1. The van der Waals surface area contributed by atoms with E-state index in [4.69, 9.17) is 14.7 Å². The zero-order chi connectivity index (χ0) is 18.4. The molecule has 1 aliphatic heterocycles. The molecule has 7 heteroatoms. The number of benzene rings is 1. The molecule has 1 fully saturated rings. The van der Waals surface area contributed by atoms with Gasteiger partial charge in [-0.15, -0.1) is 0 Å². The lowest BCUT2D eigenvalue weighted by molar-refractivity contribution is -0.133. The molecule has 134 valence electrons. The summed E-state index contributed by atoms with van der Waals surface area (Å²) in [7, 11) is 1.61. The van der Waals surface area contributed by atoms with E-state index in [1.807, 2.05) is 30.3 Å². The van der Waals surface area contributed by atoms with E-state index >= 15 is 0 Å². The highest BCUT2D eigenvalue weighted by Crippen LogP contribution is 2.20. The largest absolute Gasteiger partial charge is 0.497 e. The average molecular weight is 352 g/mol. The third kappa shape index (κ3) is 4.28. The molecule has 1 amide bonds. The summed E-state index contributed by atoms with van der Waals surface area (Å²) in [6.07, 6.45) is 4.72. The zero-order valence-electron chi connectivity index (χ0n) is 14.6. The highest BCUT2D eigenvalue weighted by molar-refractivity contribution is 5.79. The van der Waals surface area contributed by atoms with Crippen LogP contribution >= 0.6 is 0 Å². The summed E-state index contributed by atoms with van der Waals surface area (Å²) >= 11 is 0. The highest BCUT2D eigenvalue weighted by Gasteiger charge is 2.26. The fraction of sp³-hybridized carbons (Fsp3) is 0.368. The minimum absolute atomic E-state index is 0.0474. The second-order valence-corrected chi connectivity index (χ2v) is 6.07. The number of hydrogen-bond donors (Lipinski definition) is 0. The van der Waals surface area contributed by atoms with E-state index in [1.54, 1.807) is 12.0 Å². The first-order chi connectivity index (χ1) is 12.7. The van der Waals surface area contributed by atoms with Crippen molar-refractivity contribution in [2.45, 2.75) is 25.4 Å². The number of nitriles is 1. The molecule has 1 aliphatic rings. The molecule has 0 N–H and O–H groups in total. The van der Waals surface area contributed by atoms with Gasteiger partial charge in [-0.1, -0.05) is 12.1 Å². The molecule has 1 aromatic heterocycles. The fourth-order valence-corrected chi connectivity index (χ4v) is 2.98. The first-order valence-electron chi connectivity index (χ1n) is 8.48. The standard InChI is InChI=1S/C19H20N4O3/c1-25-15-5-2-4-14(10-15)11-18(24)23-9-3-6-16(13-23)26-19-17(12-20)21-7-8-22-19/h2,4-5,7-8,10,16H,3,6,9,11,13H2,1H3. The first kappa shape index (κ1) is 17.7. The number of carbonyl (C=O) groups excluding carboxylic acids is 1. The van der Waals surface area contributed by atoms with Crippen LogP contribution in [0.2, 0.25) is 0 Å². The van der Waals surface area contributed by atoms with Crippen molar-refractivity contribution in [2.75, 3.05) is 20.2 Å². The van der Waals surface area contributed by atoms with Crippen LogP contribution in [0, 0.1) is 11.3 Å². The number of rotatable bonds is 5. The molecule has 26 heavy (non-hydrogen) atoms. The van der Waals surface area contributed by atoms with Crippen LogP contribution in [0.5, 0.6) is 11.6 Å². The van der Waals surface area contributed by atoms with Crippen LogP contribution in [-0.4, -0.2) is 47.1 Å². The molecular formula is C19H20N4O3. The molecule has 2 aromatic rings. The number of ether oxygens (including phenoxy) is 2. The van der Waals surface area contributed by atoms with Gasteiger partial charge in [-0.05, 0) is 30.5 Å². The van der Waals surface area contributed by atoms with Crippen LogP contribution in [0.3, 0.4) is 0 Å². The number of aromatic nitrogens is 2. The third-order valence-electron chi connectivity index (χ3n) is 4.27. The van der Waals surface area contributed by atoms with Gasteiger partial charge in [0.15, 0.2) is 0 Å².